The molecule has 1 aromatic rings. The number of hydrogen-bond donors (Lipinski definition) is 4. The maximum Gasteiger partial charge on any atom is 0.131 e. The normalized spacial score (nSPS) is 10.7. The molecule has 0 aliphatic heterocycles. The molecule has 0 atom stereocenters. The van der Waals surface area contributed by atoms with E-state index in [9.17, 15) is 0 Å². The van der Waals surface area contributed by atoms with Crippen LogP contribution in [0.15, 0.2) is 12.1 Å². The number of nitrogen functional groups attached to an aromatic ring is 2. The number of unbranched alkanes of at least 4 members (excludes halogenated alkanes) is 10. The molecule has 0 radical (unpaired) electrons. The zero-order valence-corrected chi connectivity index (χ0v) is 19.0. The van der Waals surface area contributed by atoms with Crippen LogP contribution in [0.2, 0.25) is 0 Å². The number of hydrogen-bond acceptors (Lipinski definition) is 4. The van der Waals surface area contributed by atoms with Crippen molar-refractivity contribution in [2.45, 2.75) is 90.9 Å². The van der Waals surface area contributed by atoms with Crippen LogP contribution < -0.4 is 20.9 Å². The molecule has 6 nitrogen and oxygen atoms in total. The molecule has 0 heterocycles. The summed E-state index contributed by atoms with van der Waals surface area (Å²) < 4.78 is 11.8. The van der Waals surface area contributed by atoms with Gasteiger partial charge in [0.15, 0.2) is 0 Å². The maximum absolute atomic E-state index is 8.00. The van der Waals surface area contributed by atoms with Gasteiger partial charge in [-0.15, -0.1) is 0 Å². The molecule has 0 fully saturated rings. The van der Waals surface area contributed by atoms with E-state index >= 15 is 0 Å². The van der Waals surface area contributed by atoms with Gasteiger partial charge in [-0.1, -0.05) is 78.1 Å². The zero-order valence-electron chi connectivity index (χ0n) is 19.0. The predicted molar refractivity (Wildman–Crippen MR) is 126 cm³/mol. The molecule has 0 spiro atoms. The van der Waals surface area contributed by atoms with Gasteiger partial charge in [-0.2, -0.15) is 0 Å². The van der Waals surface area contributed by atoms with E-state index in [0.717, 1.165) is 25.7 Å². The van der Waals surface area contributed by atoms with Crippen molar-refractivity contribution in [3.05, 3.63) is 23.3 Å². The lowest BCUT2D eigenvalue weighted by molar-refractivity contribution is 0.295. The molecule has 0 saturated carbocycles. The van der Waals surface area contributed by atoms with E-state index in [0.29, 0.717) is 35.8 Å². The predicted octanol–water partition coefficient (Wildman–Crippen LogP) is 5.73. The number of nitrogens with one attached hydrogen (secondary N) is 2. The minimum atomic E-state index is -0.164. The highest BCUT2D eigenvalue weighted by atomic mass is 16.5. The second-order valence-electron chi connectivity index (χ2n) is 7.87. The van der Waals surface area contributed by atoms with Crippen molar-refractivity contribution in [1.82, 2.24) is 0 Å². The summed E-state index contributed by atoms with van der Waals surface area (Å²) in [6.07, 6.45) is 14.1. The Hall–Kier alpha value is -2.24. The molecule has 1 aromatic carbocycles. The highest BCUT2D eigenvalue weighted by Crippen LogP contribution is 2.31. The first kappa shape index (κ1) is 25.8. The van der Waals surface area contributed by atoms with E-state index in [2.05, 4.69) is 13.8 Å². The smallest absolute Gasteiger partial charge is 0.131 e. The minimum absolute atomic E-state index is 0.164. The molecule has 0 saturated heterocycles. The summed E-state index contributed by atoms with van der Waals surface area (Å²) in [5.41, 5.74) is 12.4. The van der Waals surface area contributed by atoms with Gasteiger partial charge in [0.05, 0.1) is 24.3 Å². The van der Waals surface area contributed by atoms with Crippen LogP contribution in [0.1, 0.15) is 102 Å². The lowest BCUT2D eigenvalue weighted by Gasteiger charge is -2.18. The topological polar surface area (TPSA) is 118 Å². The maximum atomic E-state index is 8.00. The van der Waals surface area contributed by atoms with Gasteiger partial charge in [-0.3, -0.25) is 10.8 Å². The van der Waals surface area contributed by atoms with Crippen molar-refractivity contribution in [1.29, 1.82) is 10.8 Å². The zero-order chi connectivity index (χ0) is 22.2. The summed E-state index contributed by atoms with van der Waals surface area (Å²) in [4.78, 5) is 0. The molecule has 6 N–H and O–H groups in total. The van der Waals surface area contributed by atoms with Gasteiger partial charge >= 0.3 is 0 Å². The summed E-state index contributed by atoms with van der Waals surface area (Å²) in [7, 11) is 0. The first-order valence-electron chi connectivity index (χ1n) is 11.6. The lowest BCUT2D eigenvalue weighted by Crippen LogP contribution is -2.23. The third-order valence-electron chi connectivity index (χ3n) is 5.18. The monoisotopic (exact) mass is 418 g/mol. The van der Waals surface area contributed by atoms with Crippen LogP contribution in [-0.2, 0) is 0 Å². The first-order valence-corrected chi connectivity index (χ1v) is 11.6. The average molecular weight is 419 g/mol. The molecule has 0 aliphatic carbocycles. The van der Waals surface area contributed by atoms with E-state index in [1.54, 1.807) is 12.1 Å². The van der Waals surface area contributed by atoms with Crippen molar-refractivity contribution < 1.29 is 9.47 Å². The molecule has 0 bridgehead atoms. The summed E-state index contributed by atoms with van der Waals surface area (Å²) >= 11 is 0. The summed E-state index contributed by atoms with van der Waals surface area (Å²) in [6.45, 7) is 5.53. The van der Waals surface area contributed by atoms with Gasteiger partial charge in [-0.25, -0.2) is 0 Å². The Morgan fingerprint density at radius 3 is 1.30 bits per heavy atom. The molecular formula is C24H42N4O2. The fourth-order valence-electron chi connectivity index (χ4n) is 3.47. The van der Waals surface area contributed by atoms with Crippen molar-refractivity contribution in [3.8, 4) is 11.5 Å². The van der Waals surface area contributed by atoms with Gasteiger partial charge in [-0.05, 0) is 25.0 Å². The van der Waals surface area contributed by atoms with Crippen LogP contribution >= 0.6 is 0 Å². The Bertz CT molecular complexity index is 591. The second kappa shape index (κ2) is 15.6. The first-order chi connectivity index (χ1) is 14.5. The Labute approximate surface area is 182 Å². The minimum Gasteiger partial charge on any atom is -0.493 e. The van der Waals surface area contributed by atoms with E-state index in [1.165, 1.54) is 51.4 Å². The van der Waals surface area contributed by atoms with Crippen molar-refractivity contribution >= 4 is 11.7 Å². The van der Waals surface area contributed by atoms with Crippen LogP contribution in [0.5, 0.6) is 11.5 Å². The number of ether oxygens (including phenoxy) is 2. The van der Waals surface area contributed by atoms with Crippen LogP contribution in [0.4, 0.5) is 0 Å². The van der Waals surface area contributed by atoms with Crippen LogP contribution in [0.25, 0.3) is 0 Å². The number of nitrogens with two attached hydrogens (primary N) is 2. The molecule has 170 valence electrons. The van der Waals surface area contributed by atoms with Crippen molar-refractivity contribution in [2.24, 2.45) is 11.5 Å². The molecule has 1 rings (SSSR count). The Morgan fingerprint density at radius 2 is 0.967 bits per heavy atom. The quantitative estimate of drug-likeness (QED) is 0.138. The Morgan fingerprint density at radius 1 is 0.633 bits per heavy atom. The fraction of sp³-hybridized carbons (Fsp3) is 0.667. The number of amidine groups is 2. The molecule has 0 aliphatic rings. The summed E-state index contributed by atoms with van der Waals surface area (Å²) in [5, 5.41) is 16.0. The highest BCUT2D eigenvalue weighted by Gasteiger charge is 2.20. The highest BCUT2D eigenvalue weighted by molar-refractivity contribution is 6.11. The van der Waals surface area contributed by atoms with Crippen LogP contribution in [0, 0.1) is 10.8 Å². The lowest BCUT2D eigenvalue weighted by atomic mass is 10.0. The van der Waals surface area contributed by atoms with E-state index in [1.807, 2.05) is 0 Å². The SMILES string of the molecule is CCCCCCCCOc1ccc(OCCCCCCCC)c(C(=N)N)c1C(=N)N. The van der Waals surface area contributed by atoms with Gasteiger partial charge in [0.2, 0.25) is 0 Å². The molecular weight excluding hydrogens is 376 g/mol. The van der Waals surface area contributed by atoms with E-state index in [-0.39, 0.29) is 11.7 Å². The number of benzene rings is 1. The number of rotatable bonds is 18. The van der Waals surface area contributed by atoms with Gasteiger partial charge in [0.1, 0.15) is 23.2 Å². The summed E-state index contributed by atoms with van der Waals surface area (Å²) in [6, 6.07) is 3.55. The van der Waals surface area contributed by atoms with Gasteiger partial charge < -0.3 is 20.9 Å². The van der Waals surface area contributed by atoms with Gasteiger partial charge in [0, 0.05) is 0 Å². The third-order valence-corrected chi connectivity index (χ3v) is 5.18. The van der Waals surface area contributed by atoms with Crippen LogP contribution in [-0.4, -0.2) is 24.9 Å². The molecule has 0 amide bonds. The average Bonchev–Trinajstić information content (AvgIpc) is 2.72. The second-order valence-corrected chi connectivity index (χ2v) is 7.87. The largest absolute Gasteiger partial charge is 0.493 e. The van der Waals surface area contributed by atoms with Crippen molar-refractivity contribution in [3.63, 3.8) is 0 Å². The molecule has 30 heavy (non-hydrogen) atoms. The Balaban J connectivity index is 2.70. The fourth-order valence-corrected chi connectivity index (χ4v) is 3.47. The Kier molecular flexibility index (Phi) is 13.4. The summed E-state index contributed by atoms with van der Waals surface area (Å²) in [5.74, 6) is 0.660. The van der Waals surface area contributed by atoms with Crippen molar-refractivity contribution in [2.75, 3.05) is 13.2 Å². The standard InChI is InChI=1S/C24H42N4O2/c1-3-5-7-9-11-13-17-29-19-15-16-20(22(24(27)28)21(19)23(25)26)30-18-14-12-10-8-6-4-2/h15-16H,3-14,17-18H2,1-2H3,(H3,25,26)(H3,27,28). The van der Waals surface area contributed by atoms with E-state index in [4.69, 9.17) is 31.8 Å². The van der Waals surface area contributed by atoms with Gasteiger partial charge in [0.25, 0.3) is 0 Å². The molecule has 0 aromatic heterocycles. The molecule has 0 unspecified atom stereocenters. The molecule has 6 heteroatoms. The third kappa shape index (κ3) is 9.51. The van der Waals surface area contributed by atoms with Crippen LogP contribution in [0.3, 0.4) is 0 Å². The van der Waals surface area contributed by atoms with E-state index < -0.39 is 0 Å².